The molecule has 2 unspecified atom stereocenters. The molecule has 1 saturated carbocycles. The van der Waals surface area contributed by atoms with Crippen LogP contribution in [0.25, 0.3) is 0 Å². The highest BCUT2D eigenvalue weighted by Gasteiger charge is 2.18. The number of H-pyrrole nitrogens is 1. The quantitative estimate of drug-likeness (QED) is 0.769. The Bertz CT molecular complexity index is 298. The summed E-state index contributed by atoms with van der Waals surface area (Å²) in [5.41, 5.74) is 0. The molecule has 5 heteroatoms. The molecule has 2 atom stereocenters. The highest BCUT2D eigenvalue weighted by molar-refractivity contribution is 4.80. The van der Waals surface area contributed by atoms with Crippen molar-refractivity contribution in [1.29, 1.82) is 0 Å². The van der Waals surface area contributed by atoms with Gasteiger partial charge in [0.05, 0.1) is 6.54 Å². The van der Waals surface area contributed by atoms with Gasteiger partial charge in [-0.1, -0.05) is 37.8 Å². The fourth-order valence-electron chi connectivity index (χ4n) is 2.77. The van der Waals surface area contributed by atoms with Crippen LogP contribution in [0.3, 0.4) is 0 Å². The van der Waals surface area contributed by atoms with E-state index in [9.17, 15) is 0 Å². The number of hydrogen-bond donors (Lipinski definition) is 2. The van der Waals surface area contributed by atoms with Crippen molar-refractivity contribution in [3.63, 3.8) is 0 Å². The zero-order valence-electron chi connectivity index (χ0n) is 10.7. The van der Waals surface area contributed by atoms with Gasteiger partial charge in [0.25, 0.3) is 0 Å². The van der Waals surface area contributed by atoms with Crippen LogP contribution in [0.5, 0.6) is 0 Å². The Kier molecular flexibility index (Phi) is 4.91. The maximum absolute atomic E-state index is 3.96. The first-order valence-corrected chi connectivity index (χ1v) is 6.84. The first-order valence-electron chi connectivity index (χ1n) is 6.84. The van der Waals surface area contributed by atoms with Gasteiger partial charge in [0.1, 0.15) is 0 Å². The average Bonchev–Trinajstić information content (AvgIpc) is 2.75. The molecule has 2 N–H and O–H groups in total. The van der Waals surface area contributed by atoms with Gasteiger partial charge in [-0.25, -0.2) is 0 Å². The first kappa shape index (κ1) is 12.5. The van der Waals surface area contributed by atoms with Gasteiger partial charge in [-0.05, 0) is 25.2 Å². The van der Waals surface area contributed by atoms with Crippen LogP contribution in [0.1, 0.15) is 57.7 Å². The lowest BCUT2D eigenvalue weighted by Gasteiger charge is -2.15. The van der Waals surface area contributed by atoms with Gasteiger partial charge >= 0.3 is 0 Å². The summed E-state index contributed by atoms with van der Waals surface area (Å²) in [6.07, 6.45) is 9.45. The zero-order chi connectivity index (χ0) is 11.9. The number of hydrogen-bond acceptors (Lipinski definition) is 4. The molecule has 1 heterocycles. The average molecular weight is 237 g/mol. The number of nitrogens with one attached hydrogen (secondary N) is 2. The van der Waals surface area contributed by atoms with E-state index in [0.717, 1.165) is 18.3 Å². The molecule has 1 aliphatic rings. The number of aromatic amines is 1. The Morgan fingerprint density at radius 1 is 1.29 bits per heavy atom. The smallest absolute Gasteiger partial charge is 0.188 e. The Morgan fingerprint density at radius 3 is 3.00 bits per heavy atom. The van der Waals surface area contributed by atoms with E-state index in [1.54, 1.807) is 0 Å². The van der Waals surface area contributed by atoms with Crippen LogP contribution < -0.4 is 5.32 Å². The number of nitrogens with zero attached hydrogens (tertiary/aromatic N) is 3. The molecule has 0 aromatic carbocycles. The standard InChI is InChI=1S/C12H23N5/c1-2-4-10-5-3-6-11(8-7-10)13-9-12-14-16-17-15-12/h10-11,13H,2-9H2,1H3,(H,14,15,16,17). The van der Waals surface area contributed by atoms with Crippen molar-refractivity contribution >= 4 is 0 Å². The zero-order valence-corrected chi connectivity index (χ0v) is 10.7. The summed E-state index contributed by atoms with van der Waals surface area (Å²) < 4.78 is 0. The van der Waals surface area contributed by atoms with E-state index >= 15 is 0 Å². The molecular formula is C12H23N5. The van der Waals surface area contributed by atoms with Crippen molar-refractivity contribution in [2.24, 2.45) is 5.92 Å². The van der Waals surface area contributed by atoms with E-state index in [1.807, 2.05) is 0 Å². The summed E-state index contributed by atoms with van der Waals surface area (Å²) in [4.78, 5) is 0. The van der Waals surface area contributed by atoms with Gasteiger partial charge in [-0.2, -0.15) is 5.21 Å². The molecule has 1 aromatic heterocycles. The molecule has 96 valence electrons. The second-order valence-corrected chi connectivity index (χ2v) is 5.07. The Morgan fingerprint density at radius 2 is 2.24 bits per heavy atom. The Balaban J connectivity index is 1.71. The molecule has 1 aromatic rings. The second-order valence-electron chi connectivity index (χ2n) is 5.07. The Hall–Kier alpha value is -0.970. The summed E-state index contributed by atoms with van der Waals surface area (Å²) in [7, 11) is 0. The van der Waals surface area contributed by atoms with Gasteiger partial charge in [-0.3, -0.25) is 0 Å². The van der Waals surface area contributed by atoms with Crippen LogP contribution in [0.4, 0.5) is 0 Å². The van der Waals surface area contributed by atoms with E-state index < -0.39 is 0 Å². The van der Waals surface area contributed by atoms with Gasteiger partial charge in [0, 0.05) is 6.04 Å². The van der Waals surface area contributed by atoms with E-state index in [4.69, 9.17) is 0 Å². The topological polar surface area (TPSA) is 66.5 Å². The van der Waals surface area contributed by atoms with E-state index in [1.165, 1.54) is 44.9 Å². The van der Waals surface area contributed by atoms with E-state index in [0.29, 0.717) is 6.04 Å². The molecule has 0 aliphatic heterocycles. The van der Waals surface area contributed by atoms with Crippen molar-refractivity contribution in [1.82, 2.24) is 25.9 Å². The third-order valence-electron chi connectivity index (χ3n) is 3.72. The van der Waals surface area contributed by atoms with Crippen molar-refractivity contribution in [3.8, 4) is 0 Å². The summed E-state index contributed by atoms with van der Waals surface area (Å²) in [6.45, 7) is 3.02. The second kappa shape index (κ2) is 6.69. The summed E-state index contributed by atoms with van der Waals surface area (Å²) >= 11 is 0. The molecule has 0 saturated heterocycles. The minimum atomic E-state index is 0.635. The van der Waals surface area contributed by atoms with Crippen LogP contribution in [-0.2, 0) is 6.54 Å². The van der Waals surface area contributed by atoms with Crippen LogP contribution >= 0.6 is 0 Å². The Labute approximate surface area is 103 Å². The normalized spacial score (nSPS) is 25.7. The highest BCUT2D eigenvalue weighted by Crippen LogP contribution is 2.26. The van der Waals surface area contributed by atoms with Crippen molar-refractivity contribution in [2.75, 3.05) is 0 Å². The number of rotatable bonds is 5. The van der Waals surface area contributed by atoms with Crippen molar-refractivity contribution in [2.45, 2.75) is 64.5 Å². The van der Waals surface area contributed by atoms with Gasteiger partial charge in [-0.15, -0.1) is 10.2 Å². The molecular weight excluding hydrogens is 214 g/mol. The molecule has 0 amide bonds. The predicted molar refractivity (Wildman–Crippen MR) is 66.3 cm³/mol. The van der Waals surface area contributed by atoms with E-state index in [-0.39, 0.29) is 0 Å². The molecule has 2 rings (SSSR count). The maximum Gasteiger partial charge on any atom is 0.188 e. The fraction of sp³-hybridized carbons (Fsp3) is 0.917. The molecule has 0 bridgehead atoms. The molecule has 1 fully saturated rings. The minimum Gasteiger partial charge on any atom is -0.307 e. The fourth-order valence-corrected chi connectivity index (χ4v) is 2.77. The van der Waals surface area contributed by atoms with E-state index in [2.05, 4.69) is 32.9 Å². The maximum atomic E-state index is 3.96. The molecule has 1 aliphatic carbocycles. The van der Waals surface area contributed by atoms with Crippen molar-refractivity contribution in [3.05, 3.63) is 5.82 Å². The molecule has 17 heavy (non-hydrogen) atoms. The first-order chi connectivity index (χ1) is 8.38. The number of tetrazole rings is 1. The summed E-state index contributed by atoms with van der Waals surface area (Å²) in [6, 6.07) is 0.635. The molecule has 0 radical (unpaired) electrons. The summed E-state index contributed by atoms with van der Waals surface area (Å²) in [5.74, 6) is 1.72. The third kappa shape index (κ3) is 4.07. The van der Waals surface area contributed by atoms with Crippen LogP contribution in [-0.4, -0.2) is 26.7 Å². The SMILES string of the molecule is CCCC1CCCC(NCc2nn[nH]n2)CC1. The third-order valence-corrected chi connectivity index (χ3v) is 3.72. The predicted octanol–water partition coefficient (Wildman–Crippen LogP) is 2.04. The van der Waals surface area contributed by atoms with Gasteiger partial charge in [0.2, 0.25) is 0 Å². The highest BCUT2D eigenvalue weighted by atomic mass is 15.5. The lowest BCUT2D eigenvalue weighted by molar-refractivity contribution is 0.408. The van der Waals surface area contributed by atoms with Crippen molar-refractivity contribution < 1.29 is 0 Å². The lowest BCUT2D eigenvalue weighted by Crippen LogP contribution is -2.28. The number of aromatic nitrogens is 4. The summed E-state index contributed by atoms with van der Waals surface area (Å²) in [5, 5.41) is 17.5. The minimum absolute atomic E-state index is 0.635. The van der Waals surface area contributed by atoms with Gasteiger partial charge < -0.3 is 5.32 Å². The van der Waals surface area contributed by atoms with Crippen LogP contribution in [0.2, 0.25) is 0 Å². The molecule has 0 spiro atoms. The monoisotopic (exact) mass is 237 g/mol. The van der Waals surface area contributed by atoms with Crippen LogP contribution in [0, 0.1) is 5.92 Å². The molecule has 5 nitrogen and oxygen atoms in total. The largest absolute Gasteiger partial charge is 0.307 e. The van der Waals surface area contributed by atoms with Gasteiger partial charge in [0.15, 0.2) is 5.82 Å². The lowest BCUT2D eigenvalue weighted by atomic mass is 9.95. The van der Waals surface area contributed by atoms with Crippen LogP contribution in [0.15, 0.2) is 0 Å².